The summed E-state index contributed by atoms with van der Waals surface area (Å²) in [6.45, 7) is 4.30. The normalized spacial score (nSPS) is 27.5. The van der Waals surface area contributed by atoms with Gasteiger partial charge in [0.25, 0.3) is 11.8 Å². The van der Waals surface area contributed by atoms with Crippen LogP contribution in [0.4, 0.5) is 0 Å². The summed E-state index contributed by atoms with van der Waals surface area (Å²) in [5.74, 6) is -1.09. The van der Waals surface area contributed by atoms with E-state index in [0.717, 1.165) is 25.7 Å². The monoisotopic (exact) mass is 422 g/mol. The molecule has 0 N–H and O–H groups in total. The molecule has 2 atom stereocenters. The molecule has 0 bridgehead atoms. The minimum atomic E-state index is -0.530. The molecule has 4 fully saturated rings. The van der Waals surface area contributed by atoms with Crippen LogP contribution in [0.3, 0.4) is 0 Å². The summed E-state index contributed by atoms with van der Waals surface area (Å²) >= 11 is 0. The summed E-state index contributed by atoms with van der Waals surface area (Å²) in [6, 6.07) is 0. The third kappa shape index (κ3) is 4.44. The standard InChI is InChI=1S/C20H30N4O6/c25-17(15-3-1-13-29-15)21-5-9-23(10-6-21)19(27)20(28)24-11-7-22(8-12-24)18(26)16-4-2-14-30-16/h15-16H,1-14H2. The highest BCUT2D eigenvalue weighted by Crippen LogP contribution is 2.18. The van der Waals surface area contributed by atoms with Gasteiger partial charge < -0.3 is 29.1 Å². The maximum absolute atomic E-state index is 12.7. The van der Waals surface area contributed by atoms with Crippen molar-refractivity contribution >= 4 is 23.6 Å². The number of carbonyl (C=O) groups excluding carboxylic acids is 4. The topological polar surface area (TPSA) is 99.7 Å². The van der Waals surface area contributed by atoms with Crippen molar-refractivity contribution in [1.82, 2.24) is 19.6 Å². The summed E-state index contributed by atoms with van der Waals surface area (Å²) in [5, 5.41) is 0. The summed E-state index contributed by atoms with van der Waals surface area (Å²) < 4.78 is 10.9. The summed E-state index contributed by atoms with van der Waals surface area (Å²) in [5.41, 5.74) is 0. The highest BCUT2D eigenvalue weighted by Gasteiger charge is 2.36. The summed E-state index contributed by atoms with van der Waals surface area (Å²) in [7, 11) is 0. The minimum Gasteiger partial charge on any atom is -0.368 e. The Morgan fingerprint density at radius 3 is 1.17 bits per heavy atom. The largest absolute Gasteiger partial charge is 0.368 e. The number of nitrogens with zero attached hydrogens (tertiary/aromatic N) is 4. The fourth-order valence-corrected chi connectivity index (χ4v) is 4.48. The molecule has 4 aliphatic rings. The molecule has 4 rings (SSSR count). The third-order valence-electron chi connectivity index (χ3n) is 6.35. The van der Waals surface area contributed by atoms with Gasteiger partial charge in [-0.25, -0.2) is 0 Å². The maximum Gasteiger partial charge on any atom is 0.312 e. The maximum atomic E-state index is 12.7. The Morgan fingerprint density at radius 1 is 0.533 bits per heavy atom. The van der Waals surface area contributed by atoms with Gasteiger partial charge in [-0.15, -0.1) is 0 Å². The zero-order chi connectivity index (χ0) is 21.1. The van der Waals surface area contributed by atoms with E-state index >= 15 is 0 Å². The summed E-state index contributed by atoms with van der Waals surface area (Å²) in [4.78, 5) is 56.6. The summed E-state index contributed by atoms with van der Waals surface area (Å²) in [6.07, 6.45) is 2.58. The van der Waals surface area contributed by atoms with Crippen molar-refractivity contribution in [1.29, 1.82) is 0 Å². The van der Waals surface area contributed by atoms with E-state index in [1.165, 1.54) is 9.80 Å². The molecule has 0 aromatic heterocycles. The average Bonchev–Trinajstić information content (AvgIpc) is 3.52. The molecular weight excluding hydrogens is 392 g/mol. The van der Waals surface area contributed by atoms with Crippen LogP contribution >= 0.6 is 0 Å². The van der Waals surface area contributed by atoms with Crippen LogP contribution in [0.5, 0.6) is 0 Å². The lowest BCUT2D eigenvalue weighted by Crippen LogP contribution is -2.58. The highest BCUT2D eigenvalue weighted by molar-refractivity contribution is 6.35. The molecule has 10 heteroatoms. The van der Waals surface area contributed by atoms with Gasteiger partial charge in [0.1, 0.15) is 12.2 Å². The predicted octanol–water partition coefficient (Wildman–Crippen LogP) is -1.31. The van der Waals surface area contributed by atoms with Gasteiger partial charge in [0, 0.05) is 65.6 Å². The van der Waals surface area contributed by atoms with Crippen LogP contribution in [-0.4, -0.2) is 121 Å². The van der Waals surface area contributed by atoms with Gasteiger partial charge in [0.15, 0.2) is 0 Å². The smallest absolute Gasteiger partial charge is 0.312 e. The lowest BCUT2D eigenvalue weighted by molar-refractivity contribution is -0.156. The molecule has 30 heavy (non-hydrogen) atoms. The zero-order valence-corrected chi connectivity index (χ0v) is 17.3. The van der Waals surface area contributed by atoms with E-state index in [1.807, 2.05) is 0 Å². The van der Waals surface area contributed by atoms with Crippen LogP contribution < -0.4 is 0 Å². The van der Waals surface area contributed by atoms with Gasteiger partial charge in [0.2, 0.25) is 0 Å². The predicted molar refractivity (Wildman–Crippen MR) is 104 cm³/mol. The minimum absolute atomic E-state index is 0.0158. The van der Waals surface area contributed by atoms with E-state index in [-0.39, 0.29) is 24.0 Å². The van der Waals surface area contributed by atoms with Crippen LogP contribution in [0.1, 0.15) is 25.7 Å². The highest BCUT2D eigenvalue weighted by atomic mass is 16.5. The third-order valence-corrected chi connectivity index (χ3v) is 6.35. The molecule has 0 radical (unpaired) electrons. The molecule has 10 nitrogen and oxygen atoms in total. The Kier molecular flexibility index (Phi) is 6.52. The Labute approximate surface area is 176 Å². The number of carbonyl (C=O) groups is 4. The van der Waals surface area contributed by atoms with E-state index in [4.69, 9.17) is 9.47 Å². The molecule has 4 aliphatic heterocycles. The van der Waals surface area contributed by atoms with Gasteiger partial charge in [-0.2, -0.15) is 0 Å². The fourth-order valence-electron chi connectivity index (χ4n) is 4.48. The van der Waals surface area contributed by atoms with Crippen LogP contribution in [0, 0.1) is 0 Å². The van der Waals surface area contributed by atoms with Crippen molar-refractivity contribution < 1.29 is 28.7 Å². The average molecular weight is 422 g/mol. The van der Waals surface area contributed by atoms with Crippen LogP contribution in [0.15, 0.2) is 0 Å². The number of rotatable bonds is 2. The molecule has 0 saturated carbocycles. The van der Waals surface area contributed by atoms with Crippen molar-refractivity contribution in [2.75, 3.05) is 65.6 Å². The molecule has 0 spiro atoms. The second-order valence-electron chi connectivity index (χ2n) is 8.24. The Hall–Kier alpha value is -2.20. The Bertz CT molecular complexity index is 615. The van der Waals surface area contributed by atoms with Gasteiger partial charge in [-0.3, -0.25) is 19.2 Å². The van der Waals surface area contributed by atoms with Crippen molar-refractivity contribution in [3.05, 3.63) is 0 Å². The van der Waals surface area contributed by atoms with Crippen molar-refractivity contribution in [3.63, 3.8) is 0 Å². The van der Waals surface area contributed by atoms with Gasteiger partial charge in [-0.05, 0) is 25.7 Å². The van der Waals surface area contributed by atoms with Crippen molar-refractivity contribution in [3.8, 4) is 0 Å². The number of amides is 4. The first-order valence-corrected chi connectivity index (χ1v) is 10.9. The van der Waals surface area contributed by atoms with Gasteiger partial charge in [-0.1, -0.05) is 0 Å². The number of hydrogen-bond donors (Lipinski definition) is 0. The Balaban J connectivity index is 1.22. The lowest BCUT2D eigenvalue weighted by Gasteiger charge is -2.38. The molecule has 4 amide bonds. The van der Waals surface area contributed by atoms with Gasteiger partial charge in [0.05, 0.1) is 0 Å². The number of ether oxygens (including phenoxy) is 2. The molecule has 0 aromatic carbocycles. The fraction of sp³-hybridized carbons (Fsp3) is 0.800. The van der Waals surface area contributed by atoms with E-state index in [2.05, 4.69) is 0 Å². The second kappa shape index (κ2) is 9.30. The quantitative estimate of drug-likeness (QED) is 0.512. The van der Waals surface area contributed by atoms with Crippen LogP contribution in [0.2, 0.25) is 0 Å². The van der Waals surface area contributed by atoms with Crippen molar-refractivity contribution in [2.45, 2.75) is 37.9 Å². The second-order valence-corrected chi connectivity index (χ2v) is 8.24. The zero-order valence-electron chi connectivity index (χ0n) is 17.3. The molecule has 0 aromatic rings. The molecule has 166 valence electrons. The van der Waals surface area contributed by atoms with Crippen LogP contribution in [0.25, 0.3) is 0 Å². The molecule has 2 unspecified atom stereocenters. The molecular formula is C20H30N4O6. The van der Waals surface area contributed by atoms with E-state index < -0.39 is 11.8 Å². The molecule has 4 heterocycles. The molecule has 4 saturated heterocycles. The van der Waals surface area contributed by atoms with Crippen LogP contribution in [-0.2, 0) is 28.7 Å². The Morgan fingerprint density at radius 2 is 0.867 bits per heavy atom. The number of piperazine rings is 2. The van der Waals surface area contributed by atoms with E-state index in [1.54, 1.807) is 9.80 Å². The first-order valence-electron chi connectivity index (χ1n) is 10.9. The molecule has 0 aliphatic carbocycles. The van der Waals surface area contributed by atoms with E-state index in [0.29, 0.717) is 65.6 Å². The van der Waals surface area contributed by atoms with Crippen molar-refractivity contribution in [2.24, 2.45) is 0 Å². The SMILES string of the molecule is O=C(C(=O)N1CCN(C(=O)C2CCCO2)CC1)N1CCN(C(=O)C2CCCO2)CC1. The number of hydrogen-bond acceptors (Lipinski definition) is 6. The first-order chi connectivity index (χ1) is 14.5. The van der Waals surface area contributed by atoms with Gasteiger partial charge >= 0.3 is 11.8 Å². The van der Waals surface area contributed by atoms with E-state index in [9.17, 15) is 19.2 Å². The first kappa shape index (κ1) is 21.0. The lowest BCUT2D eigenvalue weighted by atomic mass is 10.2.